The summed E-state index contributed by atoms with van der Waals surface area (Å²) in [6.45, 7) is 1.59. The predicted octanol–water partition coefficient (Wildman–Crippen LogP) is 0.869. The van der Waals surface area contributed by atoms with E-state index in [0.29, 0.717) is 0 Å². The van der Waals surface area contributed by atoms with Gasteiger partial charge in [0.05, 0.1) is 23.6 Å². The van der Waals surface area contributed by atoms with Crippen molar-refractivity contribution in [3.05, 3.63) is 47.9 Å². The van der Waals surface area contributed by atoms with Crippen LogP contribution in [0.3, 0.4) is 0 Å². The van der Waals surface area contributed by atoms with Gasteiger partial charge in [0.25, 0.3) is 15.9 Å². The van der Waals surface area contributed by atoms with Gasteiger partial charge in [0.1, 0.15) is 18.1 Å². The molecule has 0 spiro atoms. The third-order valence-electron chi connectivity index (χ3n) is 3.99. The van der Waals surface area contributed by atoms with Crippen molar-refractivity contribution in [2.45, 2.75) is 11.8 Å². The molecule has 1 amide bonds. The topological polar surface area (TPSA) is 141 Å². The summed E-state index contributed by atoms with van der Waals surface area (Å²) < 4.78 is 50.2. The van der Waals surface area contributed by atoms with Crippen molar-refractivity contribution in [3.63, 3.8) is 0 Å². The molecule has 158 valence electrons. The first kappa shape index (κ1) is 21.2. The summed E-state index contributed by atoms with van der Waals surface area (Å²) in [5.41, 5.74) is 5.32. The number of anilines is 1. The molecule has 10 nitrogen and oxygen atoms in total. The van der Waals surface area contributed by atoms with Crippen LogP contribution in [-0.4, -0.2) is 50.9 Å². The van der Waals surface area contributed by atoms with Crippen LogP contribution in [0.4, 0.5) is 10.1 Å². The Bertz CT molecular complexity index is 1120. The quantitative estimate of drug-likeness (QED) is 0.423. The monoisotopic (exact) mass is 436 g/mol. The van der Waals surface area contributed by atoms with E-state index in [2.05, 4.69) is 14.7 Å². The lowest BCUT2D eigenvalue weighted by Crippen LogP contribution is -2.38. The van der Waals surface area contributed by atoms with Crippen LogP contribution in [0.2, 0.25) is 0 Å². The number of esters is 1. The number of nitrogens with two attached hydrogens (primary N) is 1. The van der Waals surface area contributed by atoms with Gasteiger partial charge < -0.3 is 15.2 Å². The lowest BCUT2D eigenvalue weighted by atomic mass is 10.2. The number of rotatable bonds is 4. The number of ether oxygens (including phenoxy) is 2. The summed E-state index contributed by atoms with van der Waals surface area (Å²) in [6.07, 6.45) is 1.12. The molecular weight excluding hydrogens is 419 g/mol. The maximum atomic E-state index is 13.2. The number of carbonyl (C=O) groups is 2. The Hall–Kier alpha value is -3.54. The van der Waals surface area contributed by atoms with Crippen LogP contribution >= 0.6 is 0 Å². The van der Waals surface area contributed by atoms with Crippen LogP contribution in [0.15, 0.2) is 46.4 Å². The maximum Gasteiger partial charge on any atom is 0.373 e. The van der Waals surface area contributed by atoms with E-state index in [1.807, 2.05) is 0 Å². The Labute approximate surface area is 171 Å². The molecule has 1 aliphatic rings. The Morgan fingerprint density at radius 2 is 2.03 bits per heavy atom. The van der Waals surface area contributed by atoms with Crippen molar-refractivity contribution in [2.75, 3.05) is 24.1 Å². The number of benzene rings is 1. The normalized spacial score (nSPS) is 13.9. The molecule has 0 saturated heterocycles. The Kier molecular flexibility index (Phi) is 5.96. The van der Waals surface area contributed by atoms with Crippen LogP contribution in [0.5, 0.6) is 5.88 Å². The van der Waals surface area contributed by atoms with Gasteiger partial charge >= 0.3 is 5.97 Å². The molecule has 2 aromatic rings. The minimum Gasteiger partial charge on any atom is -0.474 e. The summed E-state index contributed by atoms with van der Waals surface area (Å²) in [4.78, 5) is 31.2. The van der Waals surface area contributed by atoms with Gasteiger partial charge in [-0.2, -0.15) is 4.99 Å². The fourth-order valence-corrected chi connectivity index (χ4v) is 4.04. The number of aliphatic imine (C=N–C) groups is 1. The SMILES string of the molecule is CCOC(=O)C(N)=NC(=O)c1cnc2c(c1)N(S(=O)(=O)c1ccc(F)cc1)CCO2. The average molecular weight is 436 g/mol. The molecule has 0 unspecified atom stereocenters. The van der Waals surface area contributed by atoms with Gasteiger partial charge in [0.15, 0.2) is 0 Å². The Morgan fingerprint density at radius 1 is 1.33 bits per heavy atom. The highest BCUT2D eigenvalue weighted by atomic mass is 32.2. The maximum absolute atomic E-state index is 13.2. The van der Waals surface area contributed by atoms with E-state index in [4.69, 9.17) is 10.5 Å². The molecule has 0 saturated carbocycles. The molecule has 1 aromatic heterocycles. The number of hydrogen-bond acceptors (Lipinski definition) is 7. The van der Waals surface area contributed by atoms with E-state index < -0.39 is 33.6 Å². The van der Waals surface area contributed by atoms with Gasteiger partial charge in [-0.25, -0.2) is 22.6 Å². The zero-order valence-electron chi connectivity index (χ0n) is 15.7. The van der Waals surface area contributed by atoms with Crippen LogP contribution < -0.4 is 14.8 Å². The smallest absolute Gasteiger partial charge is 0.373 e. The number of hydrogen-bond donors (Lipinski definition) is 1. The molecule has 0 atom stereocenters. The Morgan fingerprint density at radius 3 is 2.70 bits per heavy atom. The van der Waals surface area contributed by atoms with Crippen LogP contribution in [-0.2, 0) is 19.6 Å². The van der Waals surface area contributed by atoms with E-state index in [0.717, 1.165) is 34.8 Å². The van der Waals surface area contributed by atoms with Crippen molar-refractivity contribution >= 4 is 33.4 Å². The zero-order chi connectivity index (χ0) is 21.9. The number of sulfonamides is 1. The van der Waals surface area contributed by atoms with Gasteiger partial charge in [0, 0.05) is 6.20 Å². The lowest BCUT2D eigenvalue weighted by Gasteiger charge is -2.29. The molecule has 0 fully saturated rings. The van der Waals surface area contributed by atoms with Gasteiger partial charge in [-0.05, 0) is 37.3 Å². The minimum absolute atomic E-state index is 0.00123. The third-order valence-corrected chi connectivity index (χ3v) is 5.82. The first-order valence-electron chi connectivity index (χ1n) is 8.70. The predicted molar refractivity (Wildman–Crippen MR) is 103 cm³/mol. The number of amides is 1. The molecule has 0 bridgehead atoms. The number of amidine groups is 1. The molecule has 3 rings (SSSR count). The number of nitrogens with zero attached hydrogens (tertiary/aromatic N) is 3. The molecular formula is C18H17FN4O6S. The third kappa shape index (κ3) is 4.22. The van der Waals surface area contributed by atoms with Crippen LogP contribution in [0.25, 0.3) is 0 Å². The van der Waals surface area contributed by atoms with E-state index >= 15 is 0 Å². The summed E-state index contributed by atoms with van der Waals surface area (Å²) >= 11 is 0. The van der Waals surface area contributed by atoms with Crippen LogP contribution in [0, 0.1) is 5.82 Å². The number of aromatic nitrogens is 1. The van der Waals surface area contributed by atoms with Crippen molar-refractivity contribution < 1.29 is 31.9 Å². The van der Waals surface area contributed by atoms with Gasteiger partial charge in [-0.1, -0.05) is 0 Å². The molecule has 2 heterocycles. The summed E-state index contributed by atoms with van der Waals surface area (Å²) in [6, 6.07) is 5.53. The number of pyridine rings is 1. The van der Waals surface area contributed by atoms with E-state index in [1.54, 1.807) is 6.92 Å². The fraction of sp³-hybridized carbons (Fsp3) is 0.222. The van der Waals surface area contributed by atoms with E-state index in [1.165, 1.54) is 6.07 Å². The van der Waals surface area contributed by atoms with Crippen molar-refractivity contribution in [3.8, 4) is 5.88 Å². The highest BCUT2D eigenvalue weighted by molar-refractivity contribution is 7.92. The highest BCUT2D eigenvalue weighted by Crippen LogP contribution is 2.34. The fourth-order valence-electron chi connectivity index (χ4n) is 2.60. The molecule has 12 heteroatoms. The van der Waals surface area contributed by atoms with Crippen molar-refractivity contribution in [2.24, 2.45) is 10.7 Å². The first-order valence-corrected chi connectivity index (χ1v) is 10.1. The van der Waals surface area contributed by atoms with Gasteiger partial charge in [-0.3, -0.25) is 9.10 Å². The Balaban J connectivity index is 1.97. The largest absolute Gasteiger partial charge is 0.474 e. The molecule has 30 heavy (non-hydrogen) atoms. The second kappa shape index (κ2) is 8.45. The molecule has 1 aliphatic heterocycles. The van der Waals surface area contributed by atoms with Crippen LogP contribution in [0.1, 0.15) is 17.3 Å². The average Bonchev–Trinajstić information content (AvgIpc) is 2.73. The summed E-state index contributed by atoms with van der Waals surface area (Å²) in [5.74, 6) is -3.11. The van der Waals surface area contributed by atoms with Crippen molar-refractivity contribution in [1.82, 2.24) is 4.98 Å². The number of carbonyl (C=O) groups excluding carboxylic acids is 2. The molecule has 1 aromatic carbocycles. The molecule has 0 radical (unpaired) electrons. The zero-order valence-corrected chi connectivity index (χ0v) is 16.6. The van der Waals surface area contributed by atoms with Gasteiger partial charge in [-0.15, -0.1) is 0 Å². The second-order valence-electron chi connectivity index (χ2n) is 5.95. The molecule has 2 N–H and O–H groups in total. The summed E-state index contributed by atoms with van der Waals surface area (Å²) in [5, 5.41) is 0. The second-order valence-corrected chi connectivity index (χ2v) is 7.81. The van der Waals surface area contributed by atoms with E-state index in [-0.39, 0.29) is 41.8 Å². The standard InChI is InChI=1S/C18H17FN4O6S/c1-2-28-18(25)15(20)22-16(24)11-9-14-17(21-10-11)29-8-7-23(14)30(26,27)13-5-3-12(19)4-6-13/h3-6,9-10H,2,7-8H2,1H3,(H2,20,22,24). The number of halogens is 1. The van der Waals surface area contributed by atoms with Crippen molar-refractivity contribution in [1.29, 1.82) is 0 Å². The lowest BCUT2D eigenvalue weighted by molar-refractivity contribution is -0.135. The first-order chi connectivity index (χ1) is 14.2. The number of fused-ring (bicyclic) bond motifs is 1. The minimum atomic E-state index is -4.08. The molecule has 0 aliphatic carbocycles. The van der Waals surface area contributed by atoms with E-state index in [9.17, 15) is 22.4 Å². The highest BCUT2D eigenvalue weighted by Gasteiger charge is 2.32. The van der Waals surface area contributed by atoms with Gasteiger partial charge in [0.2, 0.25) is 11.7 Å². The summed E-state index contributed by atoms with van der Waals surface area (Å²) in [7, 11) is -4.08.